The molecule has 2 bridgehead atoms. The molecule has 3 rings (SSSR count). The first-order valence-electron chi connectivity index (χ1n) is 7.21. The highest BCUT2D eigenvalue weighted by Gasteiger charge is 2.52. The number of fused-ring (bicyclic) bond motifs is 5. The molecule has 0 aliphatic heterocycles. The fourth-order valence-electron chi connectivity index (χ4n) is 4.89. The molecule has 0 radical (unpaired) electrons. The van der Waals surface area contributed by atoms with Gasteiger partial charge in [-0.2, -0.15) is 0 Å². The van der Waals surface area contributed by atoms with Crippen molar-refractivity contribution in [3.63, 3.8) is 0 Å². The number of hydrogen-bond donors (Lipinski definition) is 0. The molecule has 0 spiro atoms. The Balaban J connectivity index is 1.65. The lowest BCUT2D eigenvalue weighted by atomic mass is 9.62. The van der Waals surface area contributed by atoms with E-state index in [0.29, 0.717) is 6.61 Å². The molecule has 5 atom stereocenters. The molecule has 0 amide bonds. The summed E-state index contributed by atoms with van der Waals surface area (Å²) in [5.41, 5.74) is 0.261. The summed E-state index contributed by atoms with van der Waals surface area (Å²) in [6.45, 7) is 4.48. The molecule has 3 fully saturated rings. The molecule has 2 heteroatoms. The molecule has 0 aromatic rings. The molecule has 0 aromatic carbocycles. The predicted octanol–water partition coefficient (Wildman–Crippen LogP) is 3.40. The third-order valence-electron chi connectivity index (χ3n) is 5.71. The Hall–Kier alpha value is -0.530. The number of ether oxygens (including phenoxy) is 1. The van der Waals surface area contributed by atoms with Gasteiger partial charge in [-0.15, -0.1) is 0 Å². The maximum atomic E-state index is 11.0. The summed E-state index contributed by atoms with van der Waals surface area (Å²) < 4.78 is 5.27. The number of carbonyl (C=O) groups excluding carboxylic acids is 1. The summed E-state index contributed by atoms with van der Waals surface area (Å²) >= 11 is 0. The van der Waals surface area contributed by atoms with E-state index in [9.17, 15) is 4.79 Å². The van der Waals surface area contributed by atoms with Crippen molar-refractivity contribution in [3.8, 4) is 0 Å². The van der Waals surface area contributed by atoms with E-state index in [1.807, 2.05) is 0 Å². The highest BCUT2D eigenvalue weighted by atomic mass is 16.5. The van der Waals surface area contributed by atoms with Gasteiger partial charge < -0.3 is 4.74 Å². The van der Waals surface area contributed by atoms with Crippen LogP contribution in [0.3, 0.4) is 0 Å². The van der Waals surface area contributed by atoms with Gasteiger partial charge in [-0.3, -0.25) is 4.79 Å². The Labute approximate surface area is 104 Å². The van der Waals surface area contributed by atoms with E-state index in [4.69, 9.17) is 4.74 Å². The second-order valence-electron chi connectivity index (χ2n) is 6.99. The highest BCUT2D eigenvalue weighted by Crippen LogP contribution is 2.60. The summed E-state index contributed by atoms with van der Waals surface area (Å²) in [4.78, 5) is 11.0. The van der Waals surface area contributed by atoms with Crippen LogP contribution in [0.25, 0.3) is 0 Å². The van der Waals surface area contributed by atoms with Gasteiger partial charge in [0.15, 0.2) is 0 Å². The van der Waals surface area contributed by atoms with Crippen LogP contribution in [0.1, 0.15) is 52.4 Å². The van der Waals surface area contributed by atoms with Crippen molar-refractivity contribution < 1.29 is 9.53 Å². The maximum absolute atomic E-state index is 11.0. The Bertz CT molecular complexity index is 325. The smallest absolute Gasteiger partial charge is 0.302 e. The molecule has 17 heavy (non-hydrogen) atoms. The molecular weight excluding hydrogens is 212 g/mol. The Morgan fingerprint density at radius 3 is 2.65 bits per heavy atom. The lowest BCUT2D eigenvalue weighted by Gasteiger charge is -2.44. The molecular formula is C15H24O2. The molecule has 2 nitrogen and oxygen atoms in total. The van der Waals surface area contributed by atoms with Crippen LogP contribution in [0.5, 0.6) is 0 Å². The zero-order valence-electron chi connectivity index (χ0n) is 11.1. The van der Waals surface area contributed by atoms with Gasteiger partial charge in [0.05, 0.1) is 6.61 Å². The van der Waals surface area contributed by atoms with Crippen LogP contribution >= 0.6 is 0 Å². The largest absolute Gasteiger partial charge is 0.465 e. The second kappa shape index (κ2) is 4.00. The minimum absolute atomic E-state index is 0.124. The topological polar surface area (TPSA) is 26.3 Å². The van der Waals surface area contributed by atoms with E-state index in [1.54, 1.807) is 0 Å². The van der Waals surface area contributed by atoms with Crippen LogP contribution in [0.15, 0.2) is 0 Å². The van der Waals surface area contributed by atoms with Gasteiger partial charge in [0, 0.05) is 12.3 Å². The van der Waals surface area contributed by atoms with Crippen molar-refractivity contribution in [2.75, 3.05) is 6.61 Å². The van der Waals surface area contributed by atoms with Gasteiger partial charge in [0.2, 0.25) is 0 Å². The van der Waals surface area contributed by atoms with Crippen molar-refractivity contribution in [3.05, 3.63) is 0 Å². The first-order valence-corrected chi connectivity index (χ1v) is 7.21. The quantitative estimate of drug-likeness (QED) is 0.687. The fourth-order valence-corrected chi connectivity index (χ4v) is 4.89. The van der Waals surface area contributed by atoms with E-state index in [2.05, 4.69) is 6.92 Å². The Kier molecular flexibility index (Phi) is 2.72. The molecule has 0 N–H and O–H groups in total. The van der Waals surface area contributed by atoms with E-state index < -0.39 is 0 Å². The zero-order chi connectivity index (χ0) is 12.0. The van der Waals surface area contributed by atoms with Crippen molar-refractivity contribution in [2.45, 2.75) is 52.4 Å². The first-order chi connectivity index (χ1) is 8.07. The van der Waals surface area contributed by atoms with Crippen molar-refractivity contribution >= 4 is 5.97 Å². The predicted molar refractivity (Wildman–Crippen MR) is 66.4 cm³/mol. The average Bonchev–Trinajstić information content (AvgIpc) is 2.87. The fraction of sp³-hybridized carbons (Fsp3) is 0.933. The van der Waals surface area contributed by atoms with Crippen LogP contribution < -0.4 is 0 Å². The summed E-state index contributed by atoms with van der Waals surface area (Å²) in [6.07, 6.45) is 8.39. The van der Waals surface area contributed by atoms with Gasteiger partial charge >= 0.3 is 5.97 Å². The SMILES string of the molecule is CC(=O)OCC1(C)CCC2C3CCC(C3)C2C1. The Morgan fingerprint density at radius 2 is 1.94 bits per heavy atom. The number of hydrogen-bond acceptors (Lipinski definition) is 2. The van der Waals surface area contributed by atoms with E-state index in [1.165, 1.54) is 45.4 Å². The van der Waals surface area contributed by atoms with Gasteiger partial charge in [-0.05, 0) is 62.2 Å². The van der Waals surface area contributed by atoms with Gasteiger partial charge in [0.25, 0.3) is 0 Å². The van der Waals surface area contributed by atoms with Gasteiger partial charge in [-0.1, -0.05) is 6.92 Å². The molecule has 3 aliphatic rings. The number of rotatable bonds is 2. The van der Waals surface area contributed by atoms with Crippen LogP contribution in [0.2, 0.25) is 0 Å². The summed E-state index contributed by atoms with van der Waals surface area (Å²) in [5.74, 6) is 3.88. The van der Waals surface area contributed by atoms with Gasteiger partial charge in [0.1, 0.15) is 0 Å². The molecule has 0 heterocycles. The van der Waals surface area contributed by atoms with Gasteiger partial charge in [-0.25, -0.2) is 0 Å². The molecule has 0 aromatic heterocycles. The number of carbonyl (C=O) groups is 1. The summed E-state index contributed by atoms with van der Waals surface area (Å²) in [5, 5.41) is 0. The normalized spacial score (nSPS) is 47.9. The lowest BCUT2D eigenvalue weighted by molar-refractivity contribution is -0.146. The third-order valence-corrected chi connectivity index (χ3v) is 5.71. The van der Waals surface area contributed by atoms with Crippen LogP contribution in [-0.4, -0.2) is 12.6 Å². The van der Waals surface area contributed by atoms with Crippen LogP contribution in [-0.2, 0) is 9.53 Å². The molecule has 0 saturated heterocycles. The molecule has 96 valence electrons. The van der Waals surface area contributed by atoms with Crippen LogP contribution in [0.4, 0.5) is 0 Å². The zero-order valence-corrected chi connectivity index (χ0v) is 11.1. The van der Waals surface area contributed by atoms with Crippen LogP contribution in [0, 0.1) is 29.1 Å². The minimum Gasteiger partial charge on any atom is -0.465 e. The highest BCUT2D eigenvalue weighted by molar-refractivity contribution is 5.65. The van der Waals surface area contributed by atoms with E-state index in [0.717, 1.165) is 23.7 Å². The monoisotopic (exact) mass is 236 g/mol. The molecule has 5 unspecified atom stereocenters. The maximum Gasteiger partial charge on any atom is 0.302 e. The molecule has 3 saturated carbocycles. The number of esters is 1. The molecule has 3 aliphatic carbocycles. The van der Waals surface area contributed by atoms with E-state index in [-0.39, 0.29) is 11.4 Å². The Morgan fingerprint density at radius 1 is 1.24 bits per heavy atom. The second-order valence-corrected chi connectivity index (χ2v) is 6.99. The van der Waals surface area contributed by atoms with Crippen molar-refractivity contribution in [1.82, 2.24) is 0 Å². The van der Waals surface area contributed by atoms with Crippen molar-refractivity contribution in [2.24, 2.45) is 29.1 Å². The summed E-state index contributed by atoms with van der Waals surface area (Å²) in [6, 6.07) is 0. The third kappa shape index (κ3) is 2.00. The first kappa shape index (κ1) is 11.6. The average molecular weight is 236 g/mol. The van der Waals surface area contributed by atoms with E-state index >= 15 is 0 Å². The standard InChI is InChI=1S/C15H24O2/c1-10(16)17-9-15(2)6-5-13-11-3-4-12(7-11)14(13)8-15/h11-14H,3-9H2,1-2H3. The minimum atomic E-state index is -0.124. The summed E-state index contributed by atoms with van der Waals surface area (Å²) in [7, 11) is 0. The lowest BCUT2D eigenvalue weighted by Crippen LogP contribution is -2.38. The van der Waals surface area contributed by atoms with Crippen molar-refractivity contribution in [1.29, 1.82) is 0 Å².